The lowest BCUT2D eigenvalue weighted by Crippen LogP contribution is -2.41. The number of hydrogen-bond donors (Lipinski definition) is 2. The van der Waals surface area contributed by atoms with Gasteiger partial charge < -0.3 is 24.3 Å². The lowest BCUT2D eigenvalue weighted by Gasteiger charge is -2.30. The van der Waals surface area contributed by atoms with Gasteiger partial charge >= 0.3 is 6.09 Å². The molecule has 0 saturated carbocycles. The van der Waals surface area contributed by atoms with Crippen LogP contribution in [0.3, 0.4) is 0 Å². The minimum atomic E-state index is -0.897. The third-order valence-electron chi connectivity index (χ3n) is 4.60. The van der Waals surface area contributed by atoms with Gasteiger partial charge in [-0.2, -0.15) is 4.98 Å². The van der Waals surface area contributed by atoms with Crippen molar-refractivity contribution in [2.75, 3.05) is 20.2 Å². The monoisotopic (exact) mass is 400 g/mol. The summed E-state index contributed by atoms with van der Waals surface area (Å²) in [6.07, 6.45) is 5.14. The maximum absolute atomic E-state index is 11.0. The van der Waals surface area contributed by atoms with Gasteiger partial charge in [0.15, 0.2) is 0 Å². The lowest BCUT2D eigenvalue weighted by atomic mass is 10.1. The van der Waals surface area contributed by atoms with Crippen molar-refractivity contribution < 1.29 is 24.2 Å². The van der Waals surface area contributed by atoms with E-state index in [1.165, 1.54) is 11.2 Å². The summed E-state index contributed by atoms with van der Waals surface area (Å²) in [6.45, 7) is 2.71. The summed E-state index contributed by atoms with van der Waals surface area (Å²) in [6, 6.07) is 7.60. The maximum Gasteiger partial charge on any atom is 0.407 e. The van der Waals surface area contributed by atoms with E-state index in [9.17, 15) is 4.79 Å². The number of hydrogen-bond acceptors (Lipinski definition) is 7. The first kappa shape index (κ1) is 20.2. The molecular weight excluding hydrogens is 376 g/mol. The molecule has 3 rings (SSSR count). The van der Waals surface area contributed by atoms with Crippen molar-refractivity contribution in [3.63, 3.8) is 0 Å². The Morgan fingerprint density at radius 3 is 2.55 bits per heavy atom. The Balaban J connectivity index is 1.53. The molecule has 1 fully saturated rings. The molecule has 1 aromatic carbocycles. The molecule has 1 aliphatic heterocycles. The molecule has 0 aliphatic carbocycles. The zero-order chi connectivity index (χ0) is 20.6. The molecule has 154 valence electrons. The molecule has 2 heterocycles. The van der Waals surface area contributed by atoms with Crippen LogP contribution in [0, 0.1) is 6.92 Å². The summed E-state index contributed by atoms with van der Waals surface area (Å²) in [5.41, 5.74) is 4.39. The second-order valence-corrected chi connectivity index (χ2v) is 6.52. The number of piperidine rings is 1. The minimum absolute atomic E-state index is 0.0880. The van der Waals surface area contributed by atoms with Crippen LogP contribution < -0.4 is 19.8 Å². The van der Waals surface area contributed by atoms with Crippen LogP contribution in [-0.4, -0.2) is 52.4 Å². The van der Waals surface area contributed by atoms with E-state index in [2.05, 4.69) is 15.4 Å². The Hall–Kier alpha value is -3.49. The number of hydroxylamine groups is 1. The van der Waals surface area contributed by atoms with Crippen molar-refractivity contribution in [3.8, 4) is 17.5 Å². The number of ether oxygens (including phenoxy) is 2. The van der Waals surface area contributed by atoms with Crippen LogP contribution in [0.5, 0.6) is 17.5 Å². The van der Waals surface area contributed by atoms with Crippen molar-refractivity contribution in [2.45, 2.75) is 25.9 Å². The van der Waals surface area contributed by atoms with E-state index in [1.807, 2.05) is 37.3 Å². The Morgan fingerprint density at radius 1 is 1.21 bits per heavy atom. The third kappa shape index (κ3) is 5.50. The fourth-order valence-electron chi connectivity index (χ4n) is 2.90. The number of rotatable bonds is 7. The van der Waals surface area contributed by atoms with E-state index < -0.39 is 6.09 Å². The molecule has 0 bridgehead atoms. The van der Waals surface area contributed by atoms with Crippen LogP contribution in [0.1, 0.15) is 24.0 Å². The maximum atomic E-state index is 11.0. The molecule has 2 N–H and O–H groups in total. The number of methoxy groups -OCH3 is 1. The van der Waals surface area contributed by atoms with Crippen LogP contribution in [0.25, 0.3) is 6.08 Å². The molecule has 0 spiro atoms. The van der Waals surface area contributed by atoms with Gasteiger partial charge in [0.2, 0.25) is 5.88 Å². The average molecular weight is 400 g/mol. The van der Waals surface area contributed by atoms with Gasteiger partial charge in [0.25, 0.3) is 5.88 Å². The number of nitrogens with one attached hydrogen (secondary N) is 1. The smallest absolute Gasteiger partial charge is 0.407 e. The highest BCUT2D eigenvalue weighted by Crippen LogP contribution is 2.25. The summed E-state index contributed by atoms with van der Waals surface area (Å²) < 4.78 is 11.1. The fourth-order valence-corrected chi connectivity index (χ4v) is 2.90. The number of carbonyl (C=O) groups is 1. The zero-order valence-corrected chi connectivity index (χ0v) is 16.4. The number of nitrogens with zero attached hydrogens (tertiary/aromatic N) is 3. The van der Waals surface area contributed by atoms with Gasteiger partial charge in [0.1, 0.15) is 18.2 Å². The molecule has 1 aliphatic rings. The highest BCUT2D eigenvalue weighted by atomic mass is 16.7. The number of amides is 1. The lowest BCUT2D eigenvalue weighted by molar-refractivity contribution is 0.0861. The molecular formula is C20H24N4O5. The summed E-state index contributed by atoms with van der Waals surface area (Å²) in [5.74, 6) is 1.59. The van der Waals surface area contributed by atoms with E-state index in [0.717, 1.165) is 11.3 Å². The first-order valence-electron chi connectivity index (χ1n) is 9.26. The fraction of sp³-hybridized carbons (Fsp3) is 0.350. The van der Waals surface area contributed by atoms with E-state index in [0.29, 0.717) is 43.3 Å². The van der Waals surface area contributed by atoms with Crippen LogP contribution in [0.2, 0.25) is 0 Å². The highest BCUT2D eigenvalue weighted by Gasteiger charge is 2.24. The SMILES string of the molecule is COc1ccc(C=CNOc2ncnc(OC3CCN(C(=O)O)CC3)c2C)cc1. The van der Waals surface area contributed by atoms with Crippen LogP contribution >= 0.6 is 0 Å². The molecule has 0 radical (unpaired) electrons. The Morgan fingerprint density at radius 2 is 1.90 bits per heavy atom. The molecule has 9 heteroatoms. The van der Waals surface area contributed by atoms with Crippen molar-refractivity contribution in [1.29, 1.82) is 0 Å². The first-order chi connectivity index (χ1) is 14.1. The molecule has 0 unspecified atom stereocenters. The van der Waals surface area contributed by atoms with Gasteiger partial charge in [0, 0.05) is 32.1 Å². The summed E-state index contributed by atoms with van der Waals surface area (Å²) in [4.78, 5) is 26.2. The zero-order valence-electron chi connectivity index (χ0n) is 16.4. The predicted molar refractivity (Wildman–Crippen MR) is 106 cm³/mol. The van der Waals surface area contributed by atoms with E-state index in [1.54, 1.807) is 13.3 Å². The second kappa shape index (κ2) is 9.63. The van der Waals surface area contributed by atoms with Crippen LogP contribution in [0.15, 0.2) is 36.8 Å². The Labute approximate surface area is 168 Å². The Bertz CT molecular complexity index is 848. The summed E-state index contributed by atoms with van der Waals surface area (Å²) in [5, 5.41) is 9.02. The van der Waals surface area contributed by atoms with Crippen molar-refractivity contribution in [1.82, 2.24) is 20.3 Å². The first-order valence-corrected chi connectivity index (χ1v) is 9.26. The molecule has 1 aromatic heterocycles. The van der Waals surface area contributed by atoms with E-state index >= 15 is 0 Å². The number of likely N-dealkylation sites (tertiary alicyclic amines) is 1. The van der Waals surface area contributed by atoms with Gasteiger partial charge in [-0.3, -0.25) is 0 Å². The largest absolute Gasteiger partial charge is 0.497 e. The van der Waals surface area contributed by atoms with Gasteiger partial charge in [-0.05, 0) is 30.7 Å². The molecule has 1 saturated heterocycles. The van der Waals surface area contributed by atoms with Gasteiger partial charge in [0.05, 0.1) is 12.7 Å². The molecule has 0 atom stereocenters. The Kier molecular flexibility index (Phi) is 6.72. The quantitative estimate of drug-likeness (QED) is 0.684. The predicted octanol–water partition coefficient (Wildman–Crippen LogP) is 2.87. The number of benzene rings is 1. The van der Waals surface area contributed by atoms with Crippen molar-refractivity contribution in [3.05, 3.63) is 47.9 Å². The number of carboxylic acid groups (broad SMARTS) is 1. The van der Waals surface area contributed by atoms with Gasteiger partial charge in [-0.1, -0.05) is 12.1 Å². The van der Waals surface area contributed by atoms with Crippen LogP contribution in [-0.2, 0) is 0 Å². The molecule has 9 nitrogen and oxygen atoms in total. The molecule has 29 heavy (non-hydrogen) atoms. The third-order valence-corrected chi connectivity index (χ3v) is 4.60. The van der Waals surface area contributed by atoms with E-state index in [4.69, 9.17) is 19.4 Å². The van der Waals surface area contributed by atoms with Crippen molar-refractivity contribution >= 4 is 12.2 Å². The normalized spacial score (nSPS) is 14.6. The minimum Gasteiger partial charge on any atom is -0.497 e. The summed E-state index contributed by atoms with van der Waals surface area (Å²) in [7, 11) is 1.63. The van der Waals surface area contributed by atoms with Gasteiger partial charge in [-0.25, -0.2) is 15.3 Å². The molecule has 1 amide bonds. The standard InChI is InChI=1S/C20H24N4O5/c1-14-18(28-17-8-11-24(12-9-17)20(25)26)21-13-22-19(14)29-23-10-7-15-3-5-16(27-2)6-4-15/h3-7,10,13,17,23H,8-9,11-12H2,1-2H3,(H,25,26). The van der Waals surface area contributed by atoms with Crippen LogP contribution in [0.4, 0.5) is 4.79 Å². The summed E-state index contributed by atoms with van der Waals surface area (Å²) >= 11 is 0. The highest BCUT2D eigenvalue weighted by molar-refractivity contribution is 5.65. The topological polar surface area (TPSA) is 106 Å². The van der Waals surface area contributed by atoms with Crippen molar-refractivity contribution in [2.24, 2.45) is 0 Å². The van der Waals surface area contributed by atoms with E-state index in [-0.39, 0.29) is 6.10 Å². The van der Waals surface area contributed by atoms with Gasteiger partial charge in [-0.15, -0.1) is 0 Å². The second-order valence-electron chi connectivity index (χ2n) is 6.52. The average Bonchev–Trinajstić information content (AvgIpc) is 2.74. The number of aromatic nitrogens is 2. The molecule has 2 aromatic rings.